The first-order chi connectivity index (χ1) is 9.22. The highest BCUT2D eigenvalue weighted by molar-refractivity contribution is 5.75. The lowest BCUT2D eigenvalue weighted by Gasteiger charge is -2.36. The molecule has 2 amide bonds. The monoisotopic (exact) mass is 263 g/mol. The number of rotatable bonds is 3. The molecule has 1 aliphatic rings. The second-order valence-electron chi connectivity index (χ2n) is 4.64. The SMILES string of the molecule is CCCNC(=O)N1CCN(c2ccncc2N)CC1. The summed E-state index contributed by atoms with van der Waals surface area (Å²) in [6.07, 6.45) is 4.36. The first kappa shape index (κ1) is 13.5. The topological polar surface area (TPSA) is 74.5 Å². The Kier molecular flexibility index (Phi) is 4.43. The molecule has 0 aliphatic carbocycles. The Morgan fingerprint density at radius 3 is 2.79 bits per heavy atom. The summed E-state index contributed by atoms with van der Waals surface area (Å²) in [5, 5.41) is 2.90. The van der Waals surface area contributed by atoms with E-state index in [1.807, 2.05) is 17.9 Å². The average Bonchev–Trinajstić information content (AvgIpc) is 2.45. The molecule has 104 valence electrons. The zero-order valence-electron chi connectivity index (χ0n) is 11.3. The van der Waals surface area contributed by atoms with Crippen LogP contribution in [-0.4, -0.2) is 48.6 Å². The molecule has 1 saturated heterocycles. The van der Waals surface area contributed by atoms with E-state index in [2.05, 4.69) is 15.2 Å². The molecular weight excluding hydrogens is 242 g/mol. The summed E-state index contributed by atoms with van der Waals surface area (Å²) < 4.78 is 0. The van der Waals surface area contributed by atoms with Gasteiger partial charge in [-0.2, -0.15) is 0 Å². The minimum absolute atomic E-state index is 0.0317. The molecule has 0 saturated carbocycles. The second kappa shape index (κ2) is 6.26. The number of hydrogen-bond donors (Lipinski definition) is 2. The summed E-state index contributed by atoms with van der Waals surface area (Å²) in [6, 6.07) is 1.95. The van der Waals surface area contributed by atoms with Crippen molar-refractivity contribution in [3.05, 3.63) is 18.5 Å². The normalized spacial score (nSPS) is 15.4. The van der Waals surface area contributed by atoms with E-state index in [1.54, 1.807) is 12.4 Å². The summed E-state index contributed by atoms with van der Waals surface area (Å²) in [5.74, 6) is 0. The summed E-state index contributed by atoms with van der Waals surface area (Å²) >= 11 is 0. The van der Waals surface area contributed by atoms with Crippen molar-refractivity contribution in [1.29, 1.82) is 0 Å². The molecule has 1 aliphatic heterocycles. The van der Waals surface area contributed by atoms with Gasteiger partial charge >= 0.3 is 6.03 Å². The molecule has 0 unspecified atom stereocenters. The van der Waals surface area contributed by atoms with Gasteiger partial charge in [-0.3, -0.25) is 4.98 Å². The average molecular weight is 263 g/mol. The standard InChI is InChI=1S/C13H21N5O/c1-2-4-16-13(19)18-8-6-17(7-9-18)12-3-5-15-10-11(12)14/h3,5,10H,2,4,6-9,14H2,1H3,(H,16,19). The van der Waals surface area contributed by atoms with E-state index in [0.717, 1.165) is 44.8 Å². The fourth-order valence-corrected chi connectivity index (χ4v) is 2.18. The predicted molar refractivity (Wildman–Crippen MR) is 76.1 cm³/mol. The Hall–Kier alpha value is -1.98. The van der Waals surface area contributed by atoms with Crippen molar-refractivity contribution in [3.8, 4) is 0 Å². The highest BCUT2D eigenvalue weighted by atomic mass is 16.2. The highest BCUT2D eigenvalue weighted by Gasteiger charge is 2.21. The van der Waals surface area contributed by atoms with Crippen LogP contribution in [0.3, 0.4) is 0 Å². The molecule has 6 nitrogen and oxygen atoms in total. The van der Waals surface area contributed by atoms with Crippen LogP contribution < -0.4 is 16.0 Å². The van der Waals surface area contributed by atoms with Gasteiger partial charge < -0.3 is 20.9 Å². The van der Waals surface area contributed by atoms with E-state index in [0.29, 0.717) is 5.69 Å². The van der Waals surface area contributed by atoms with E-state index in [-0.39, 0.29) is 6.03 Å². The Morgan fingerprint density at radius 1 is 1.42 bits per heavy atom. The fraction of sp³-hybridized carbons (Fsp3) is 0.538. The van der Waals surface area contributed by atoms with Crippen molar-refractivity contribution in [1.82, 2.24) is 15.2 Å². The summed E-state index contributed by atoms with van der Waals surface area (Å²) in [6.45, 7) is 5.82. The van der Waals surface area contributed by atoms with Crippen molar-refractivity contribution in [2.75, 3.05) is 43.4 Å². The predicted octanol–water partition coefficient (Wildman–Crippen LogP) is 0.905. The Labute approximate surface area is 113 Å². The maximum absolute atomic E-state index is 11.8. The first-order valence-electron chi connectivity index (χ1n) is 6.69. The van der Waals surface area contributed by atoms with E-state index in [1.165, 1.54) is 0 Å². The van der Waals surface area contributed by atoms with E-state index in [4.69, 9.17) is 5.73 Å². The molecule has 0 radical (unpaired) electrons. The number of amides is 2. The van der Waals surface area contributed by atoms with Gasteiger partial charge in [-0.25, -0.2) is 4.79 Å². The van der Waals surface area contributed by atoms with Gasteiger partial charge in [-0.15, -0.1) is 0 Å². The molecule has 3 N–H and O–H groups in total. The van der Waals surface area contributed by atoms with Gasteiger partial charge in [0.25, 0.3) is 0 Å². The van der Waals surface area contributed by atoms with Crippen LogP contribution in [0.25, 0.3) is 0 Å². The Balaban J connectivity index is 1.89. The molecule has 1 fully saturated rings. The van der Waals surface area contributed by atoms with Crippen molar-refractivity contribution >= 4 is 17.4 Å². The minimum atomic E-state index is 0.0317. The lowest BCUT2D eigenvalue weighted by Crippen LogP contribution is -2.52. The summed E-state index contributed by atoms with van der Waals surface area (Å²) in [5.41, 5.74) is 7.60. The van der Waals surface area contributed by atoms with Crippen LogP contribution in [0.15, 0.2) is 18.5 Å². The number of carbonyl (C=O) groups excluding carboxylic acids is 1. The lowest BCUT2D eigenvalue weighted by molar-refractivity contribution is 0.194. The number of nitrogens with one attached hydrogen (secondary N) is 1. The number of aromatic nitrogens is 1. The van der Waals surface area contributed by atoms with Crippen molar-refractivity contribution < 1.29 is 4.79 Å². The van der Waals surface area contributed by atoms with Gasteiger partial charge in [0.05, 0.1) is 17.6 Å². The van der Waals surface area contributed by atoms with Crippen LogP contribution in [0.4, 0.5) is 16.2 Å². The van der Waals surface area contributed by atoms with Crippen LogP contribution in [0.2, 0.25) is 0 Å². The number of piperazine rings is 1. The van der Waals surface area contributed by atoms with Crippen molar-refractivity contribution in [2.45, 2.75) is 13.3 Å². The van der Waals surface area contributed by atoms with Crippen LogP contribution in [-0.2, 0) is 0 Å². The maximum Gasteiger partial charge on any atom is 0.317 e. The van der Waals surface area contributed by atoms with Gasteiger partial charge in [0.15, 0.2) is 0 Å². The van der Waals surface area contributed by atoms with Crippen molar-refractivity contribution in [2.24, 2.45) is 0 Å². The van der Waals surface area contributed by atoms with Crippen LogP contribution in [0, 0.1) is 0 Å². The van der Waals surface area contributed by atoms with Crippen LogP contribution in [0.1, 0.15) is 13.3 Å². The minimum Gasteiger partial charge on any atom is -0.396 e. The van der Waals surface area contributed by atoms with Crippen LogP contribution in [0.5, 0.6) is 0 Å². The Bertz CT molecular complexity index is 429. The van der Waals surface area contributed by atoms with Gasteiger partial charge in [0, 0.05) is 38.9 Å². The first-order valence-corrected chi connectivity index (χ1v) is 6.69. The molecule has 19 heavy (non-hydrogen) atoms. The zero-order chi connectivity index (χ0) is 13.7. The number of nitrogen functional groups attached to an aromatic ring is 1. The molecule has 0 spiro atoms. The highest BCUT2D eigenvalue weighted by Crippen LogP contribution is 2.22. The molecular formula is C13H21N5O. The summed E-state index contributed by atoms with van der Waals surface area (Å²) in [4.78, 5) is 19.9. The molecule has 0 atom stereocenters. The second-order valence-corrected chi connectivity index (χ2v) is 4.64. The molecule has 1 aromatic heterocycles. The number of carbonyl (C=O) groups is 1. The molecule has 0 aromatic carbocycles. The van der Waals surface area contributed by atoms with Crippen LogP contribution >= 0.6 is 0 Å². The maximum atomic E-state index is 11.8. The molecule has 6 heteroatoms. The van der Waals surface area contributed by atoms with Gasteiger partial charge in [-0.1, -0.05) is 6.92 Å². The van der Waals surface area contributed by atoms with E-state index >= 15 is 0 Å². The number of nitrogens with zero attached hydrogens (tertiary/aromatic N) is 3. The lowest BCUT2D eigenvalue weighted by atomic mass is 10.2. The molecule has 2 rings (SSSR count). The third-order valence-corrected chi connectivity index (χ3v) is 3.26. The number of urea groups is 1. The van der Waals surface area contributed by atoms with Gasteiger partial charge in [0.2, 0.25) is 0 Å². The quantitative estimate of drug-likeness (QED) is 0.850. The van der Waals surface area contributed by atoms with Gasteiger partial charge in [-0.05, 0) is 12.5 Å². The van der Waals surface area contributed by atoms with E-state index in [9.17, 15) is 4.79 Å². The number of anilines is 2. The molecule has 0 bridgehead atoms. The van der Waals surface area contributed by atoms with Gasteiger partial charge in [0.1, 0.15) is 0 Å². The summed E-state index contributed by atoms with van der Waals surface area (Å²) in [7, 11) is 0. The number of hydrogen-bond acceptors (Lipinski definition) is 4. The molecule has 1 aromatic rings. The number of pyridine rings is 1. The molecule has 2 heterocycles. The third kappa shape index (κ3) is 3.27. The Morgan fingerprint density at radius 2 is 2.16 bits per heavy atom. The fourth-order valence-electron chi connectivity index (χ4n) is 2.18. The smallest absolute Gasteiger partial charge is 0.317 e. The third-order valence-electron chi connectivity index (χ3n) is 3.26. The largest absolute Gasteiger partial charge is 0.396 e. The van der Waals surface area contributed by atoms with E-state index < -0.39 is 0 Å². The van der Waals surface area contributed by atoms with Crippen molar-refractivity contribution in [3.63, 3.8) is 0 Å². The number of nitrogens with two attached hydrogens (primary N) is 1. The zero-order valence-corrected chi connectivity index (χ0v) is 11.3.